The van der Waals surface area contributed by atoms with Gasteiger partial charge in [-0.25, -0.2) is 0 Å². The molecule has 0 saturated heterocycles. The summed E-state index contributed by atoms with van der Waals surface area (Å²) in [4.78, 5) is 23.1. The monoisotopic (exact) mass is 413 g/mol. The highest BCUT2D eigenvalue weighted by Crippen LogP contribution is 2.17. The van der Waals surface area contributed by atoms with E-state index in [0.29, 0.717) is 18.8 Å². The zero-order valence-corrected chi connectivity index (χ0v) is 18.0. The lowest BCUT2D eigenvalue weighted by Crippen LogP contribution is -2.48. The van der Waals surface area contributed by atoms with Crippen molar-refractivity contribution in [1.29, 1.82) is 0 Å². The molecule has 0 aliphatic rings. The van der Waals surface area contributed by atoms with Crippen LogP contribution in [0.5, 0.6) is 5.75 Å². The van der Waals surface area contributed by atoms with Gasteiger partial charge in [0.1, 0.15) is 24.4 Å². The summed E-state index contributed by atoms with van der Waals surface area (Å²) in [6.07, 6.45) is 0.554. The maximum atomic E-state index is 11.6. The first-order valence-electron chi connectivity index (χ1n) is 10.1. The van der Waals surface area contributed by atoms with Gasteiger partial charge in [-0.2, -0.15) is 0 Å². The van der Waals surface area contributed by atoms with Crippen LogP contribution in [0.15, 0.2) is 42.5 Å². The molecule has 0 bridgehead atoms. The van der Waals surface area contributed by atoms with Crippen LogP contribution in [0.3, 0.4) is 0 Å². The van der Waals surface area contributed by atoms with E-state index in [2.05, 4.69) is 23.5 Å². The molecule has 0 amide bonds. The van der Waals surface area contributed by atoms with Gasteiger partial charge >= 0.3 is 11.9 Å². The van der Waals surface area contributed by atoms with Crippen LogP contribution in [0.4, 0.5) is 0 Å². The van der Waals surface area contributed by atoms with Crippen LogP contribution >= 0.6 is 0 Å². The van der Waals surface area contributed by atoms with Crippen LogP contribution in [0.1, 0.15) is 42.5 Å². The molecule has 0 saturated carbocycles. The van der Waals surface area contributed by atoms with Crippen molar-refractivity contribution < 1.29 is 24.5 Å². The molecule has 6 nitrogen and oxygen atoms in total. The average Bonchev–Trinajstić information content (AvgIpc) is 2.65. The van der Waals surface area contributed by atoms with Crippen LogP contribution in [-0.2, 0) is 22.6 Å². The molecule has 2 atom stereocenters. The Labute approximate surface area is 177 Å². The van der Waals surface area contributed by atoms with E-state index < -0.39 is 24.0 Å². The fourth-order valence-corrected chi connectivity index (χ4v) is 3.45. The molecule has 2 rings (SSSR count). The number of benzene rings is 2. The molecular formula is C24H31NO5. The normalized spacial score (nSPS) is 13.1. The smallest absolute Gasteiger partial charge is 0.321 e. The number of hydrogen-bond donors (Lipinski definition) is 3. The van der Waals surface area contributed by atoms with Crippen molar-refractivity contribution >= 4 is 11.9 Å². The van der Waals surface area contributed by atoms with Crippen molar-refractivity contribution in [3.05, 3.63) is 64.7 Å². The van der Waals surface area contributed by atoms with Crippen LogP contribution in [-0.4, -0.2) is 34.2 Å². The summed E-state index contributed by atoms with van der Waals surface area (Å²) in [7, 11) is 0. The molecule has 0 unspecified atom stereocenters. The number of aliphatic carboxylic acids is 2. The van der Waals surface area contributed by atoms with Crippen molar-refractivity contribution in [2.75, 3.05) is 0 Å². The van der Waals surface area contributed by atoms with E-state index in [9.17, 15) is 19.8 Å². The molecule has 2 aromatic carbocycles. The molecule has 0 heterocycles. The third kappa shape index (κ3) is 7.52. The molecule has 0 aliphatic carbocycles. The van der Waals surface area contributed by atoms with Crippen LogP contribution in [0.2, 0.25) is 0 Å². The van der Waals surface area contributed by atoms with E-state index in [4.69, 9.17) is 4.74 Å². The Balaban J connectivity index is 1.99. The van der Waals surface area contributed by atoms with Gasteiger partial charge in [-0.05, 0) is 55.9 Å². The Kier molecular flexibility index (Phi) is 8.42. The SMILES string of the molecule is Cc1cc(C)cc(COc2ccc(C[C@H](N[C@@H](CC(C)C)C(=O)O)C(=O)O)cc2)c1. The molecule has 162 valence electrons. The summed E-state index contributed by atoms with van der Waals surface area (Å²) in [6.45, 7) is 8.37. The highest BCUT2D eigenvalue weighted by molar-refractivity contribution is 5.77. The minimum Gasteiger partial charge on any atom is -0.489 e. The molecule has 2 aromatic rings. The standard InChI is InChI=1S/C24H31NO5/c1-15(2)9-21(23(26)27)25-22(24(28)29)13-18-5-7-20(8-6-18)30-14-19-11-16(3)10-17(4)12-19/h5-8,10-12,15,21-22,25H,9,13-14H2,1-4H3,(H,26,27)(H,28,29)/t21-,22-/m0/s1. The minimum absolute atomic E-state index is 0.140. The number of carboxylic acids is 2. The van der Waals surface area contributed by atoms with Crippen LogP contribution < -0.4 is 10.1 Å². The number of hydrogen-bond acceptors (Lipinski definition) is 4. The third-order valence-corrected chi connectivity index (χ3v) is 4.76. The first-order valence-corrected chi connectivity index (χ1v) is 10.1. The fourth-order valence-electron chi connectivity index (χ4n) is 3.45. The Hall–Kier alpha value is -2.86. The molecule has 3 N–H and O–H groups in total. The quantitative estimate of drug-likeness (QED) is 0.516. The fraction of sp³-hybridized carbons (Fsp3) is 0.417. The van der Waals surface area contributed by atoms with Gasteiger partial charge in [0.05, 0.1) is 0 Å². The second kappa shape index (κ2) is 10.8. The number of carboxylic acid groups (broad SMARTS) is 2. The second-order valence-electron chi connectivity index (χ2n) is 8.21. The summed E-state index contributed by atoms with van der Waals surface area (Å²) in [5.41, 5.74) is 4.26. The van der Waals surface area contributed by atoms with Gasteiger partial charge in [-0.3, -0.25) is 14.9 Å². The second-order valence-corrected chi connectivity index (χ2v) is 8.21. The lowest BCUT2D eigenvalue weighted by Gasteiger charge is -2.22. The van der Waals surface area contributed by atoms with Gasteiger partial charge in [-0.1, -0.05) is 55.3 Å². The summed E-state index contributed by atoms with van der Waals surface area (Å²) in [5.74, 6) is -1.27. The molecule has 0 fully saturated rings. The Bertz CT molecular complexity index is 840. The summed E-state index contributed by atoms with van der Waals surface area (Å²) in [5, 5.41) is 21.7. The van der Waals surface area contributed by atoms with Crippen LogP contribution in [0.25, 0.3) is 0 Å². The van der Waals surface area contributed by atoms with Crippen molar-refractivity contribution in [2.24, 2.45) is 5.92 Å². The van der Waals surface area contributed by atoms with Crippen LogP contribution in [0, 0.1) is 19.8 Å². The molecular weight excluding hydrogens is 382 g/mol. The van der Waals surface area contributed by atoms with Crippen molar-refractivity contribution in [1.82, 2.24) is 5.32 Å². The van der Waals surface area contributed by atoms with Crippen molar-refractivity contribution in [2.45, 2.75) is 59.2 Å². The van der Waals surface area contributed by atoms with E-state index in [1.807, 2.05) is 39.8 Å². The number of rotatable bonds is 11. The first kappa shape index (κ1) is 23.4. The van der Waals surface area contributed by atoms with Gasteiger partial charge in [0, 0.05) is 0 Å². The van der Waals surface area contributed by atoms with E-state index >= 15 is 0 Å². The number of aryl methyl sites for hydroxylation is 2. The Morgan fingerprint density at radius 3 is 1.97 bits per heavy atom. The highest BCUT2D eigenvalue weighted by atomic mass is 16.5. The topological polar surface area (TPSA) is 95.9 Å². The Morgan fingerprint density at radius 2 is 1.47 bits per heavy atom. The summed E-state index contributed by atoms with van der Waals surface area (Å²) >= 11 is 0. The average molecular weight is 414 g/mol. The lowest BCUT2D eigenvalue weighted by molar-refractivity contribution is -0.142. The number of nitrogens with one attached hydrogen (secondary N) is 1. The minimum atomic E-state index is -1.07. The predicted molar refractivity (Wildman–Crippen MR) is 116 cm³/mol. The molecule has 6 heteroatoms. The van der Waals surface area contributed by atoms with Crippen molar-refractivity contribution in [3.8, 4) is 5.75 Å². The zero-order chi connectivity index (χ0) is 22.3. The van der Waals surface area contributed by atoms with E-state index in [-0.39, 0.29) is 12.3 Å². The summed E-state index contributed by atoms with van der Waals surface area (Å²) in [6, 6.07) is 11.6. The zero-order valence-electron chi connectivity index (χ0n) is 18.0. The van der Waals surface area contributed by atoms with Gasteiger partial charge in [-0.15, -0.1) is 0 Å². The van der Waals surface area contributed by atoms with Gasteiger partial charge in [0.15, 0.2) is 0 Å². The summed E-state index contributed by atoms with van der Waals surface area (Å²) < 4.78 is 5.84. The lowest BCUT2D eigenvalue weighted by atomic mass is 10.0. The largest absolute Gasteiger partial charge is 0.489 e. The van der Waals surface area contributed by atoms with Gasteiger partial charge in [0.2, 0.25) is 0 Å². The highest BCUT2D eigenvalue weighted by Gasteiger charge is 2.26. The van der Waals surface area contributed by atoms with Gasteiger partial charge < -0.3 is 14.9 Å². The Morgan fingerprint density at radius 1 is 0.900 bits per heavy atom. The maximum absolute atomic E-state index is 11.6. The first-order chi connectivity index (χ1) is 14.1. The van der Waals surface area contributed by atoms with Gasteiger partial charge in [0.25, 0.3) is 0 Å². The molecule has 30 heavy (non-hydrogen) atoms. The predicted octanol–water partition coefficient (Wildman–Crippen LogP) is 3.97. The molecule has 0 spiro atoms. The van der Waals surface area contributed by atoms with E-state index in [1.54, 1.807) is 12.1 Å². The van der Waals surface area contributed by atoms with E-state index in [0.717, 1.165) is 11.1 Å². The van der Waals surface area contributed by atoms with E-state index in [1.165, 1.54) is 11.1 Å². The molecule has 0 aliphatic heterocycles. The third-order valence-electron chi connectivity index (χ3n) is 4.76. The molecule has 0 radical (unpaired) electrons. The number of carbonyl (C=O) groups is 2. The number of ether oxygens (including phenoxy) is 1. The molecule has 0 aromatic heterocycles. The maximum Gasteiger partial charge on any atom is 0.321 e. The van der Waals surface area contributed by atoms with Crippen molar-refractivity contribution in [3.63, 3.8) is 0 Å².